The molecule has 4 nitrogen and oxygen atoms in total. The summed E-state index contributed by atoms with van der Waals surface area (Å²) in [5.41, 5.74) is 5.62. The summed E-state index contributed by atoms with van der Waals surface area (Å²) in [7, 11) is 1.52. The van der Waals surface area contributed by atoms with Crippen molar-refractivity contribution >= 4 is 5.91 Å². The van der Waals surface area contributed by atoms with Crippen LogP contribution in [-0.4, -0.2) is 43.7 Å². The van der Waals surface area contributed by atoms with Crippen molar-refractivity contribution in [3.8, 4) is 0 Å². The number of hydrogen-bond donors (Lipinski definition) is 1. The van der Waals surface area contributed by atoms with E-state index < -0.39 is 0 Å². The molecule has 0 aliphatic carbocycles. The number of likely N-dealkylation sites (tertiary alicyclic amines) is 1. The molecule has 1 saturated heterocycles. The van der Waals surface area contributed by atoms with Gasteiger partial charge in [0.05, 0.1) is 0 Å². The van der Waals surface area contributed by atoms with Gasteiger partial charge < -0.3 is 15.4 Å². The standard InChI is InChI=1S/C7H14N2O2/c1-11-5-7(10)9-3-2-6(8)4-9/h6H,2-5,8H2,1H3/t6-/m1/s1. The highest BCUT2D eigenvalue weighted by atomic mass is 16.5. The van der Waals surface area contributed by atoms with Crippen LogP contribution in [0.25, 0.3) is 0 Å². The molecule has 1 fully saturated rings. The van der Waals surface area contributed by atoms with Gasteiger partial charge in [-0.25, -0.2) is 0 Å². The van der Waals surface area contributed by atoms with E-state index in [4.69, 9.17) is 10.5 Å². The van der Waals surface area contributed by atoms with Gasteiger partial charge in [-0.1, -0.05) is 0 Å². The molecule has 0 unspecified atom stereocenters. The third-order valence-electron chi connectivity index (χ3n) is 1.85. The van der Waals surface area contributed by atoms with E-state index in [2.05, 4.69) is 0 Å². The molecule has 1 atom stereocenters. The van der Waals surface area contributed by atoms with Gasteiger partial charge in [-0.3, -0.25) is 4.79 Å². The van der Waals surface area contributed by atoms with Gasteiger partial charge in [0.1, 0.15) is 6.61 Å². The Kier molecular flexibility index (Phi) is 2.84. The number of carbonyl (C=O) groups is 1. The average molecular weight is 158 g/mol. The molecular formula is C7H14N2O2. The second-order valence-electron chi connectivity index (χ2n) is 2.82. The van der Waals surface area contributed by atoms with Crippen LogP contribution in [0.4, 0.5) is 0 Å². The monoisotopic (exact) mass is 158 g/mol. The van der Waals surface area contributed by atoms with Gasteiger partial charge in [0.15, 0.2) is 0 Å². The summed E-state index contributed by atoms with van der Waals surface area (Å²) in [6.45, 7) is 1.64. The fraction of sp³-hybridized carbons (Fsp3) is 0.857. The molecule has 1 aliphatic rings. The van der Waals surface area contributed by atoms with E-state index in [9.17, 15) is 4.79 Å². The quantitative estimate of drug-likeness (QED) is 0.572. The summed E-state index contributed by atoms with van der Waals surface area (Å²) in [5, 5.41) is 0. The Morgan fingerprint density at radius 2 is 2.55 bits per heavy atom. The topological polar surface area (TPSA) is 55.6 Å². The molecule has 1 aliphatic heterocycles. The molecule has 0 saturated carbocycles. The van der Waals surface area contributed by atoms with Crippen molar-refractivity contribution in [3.63, 3.8) is 0 Å². The summed E-state index contributed by atoms with van der Waals surface area (Å²) >= 11 is 0. The highest BCUT2D eigenvalue weighted by Gasteiger charge is 2.22. The van der Waals surface area contributed by atoms with Crippen LogP contribution in [0.1, 0.15) is 6.42 Å². The zero-order valence-electron chi connectivity index (χ0n) is 6.75. The fourth-order valence-electron chi connectivity index (χ4n) is 1.23. The normalized spacial score (nSPS) is 24.2. The summed E-state index contributed by atoms with van der Waals surface area (Å²) in [4.78, 5) is 12.9. The molecule has 1 rings (SSSR count). The second kappa shape index (κ2) is 3.69. The van der Waals surface area contributed by atoms with Crippen molar-refractivity contribution in [2.45, 2.75) is 12.5 Å². The van der Waals surface area contributed by atoms with Crippen LogP contribution in [0.2, 0.25) is 0 Å². The number of methoxy groups -OCH3 is 1. The summed E-state index contributed by atoms with van der Waals surface area (Å²) < 4.78 is 4.72. The Morgan fingerprint density at radius 1 is 1.82 bits per heavy atom. The highest BCUT2D eigenvalue weighted by Crippen LogP contribution is 2.06. The number of nitrogens with zero attached hydrogens (tertiary/aromatic N) is 1. The van der Waals surface area contributed by atoms with Crippen molar-refractivity contribution in [2.75, 3.05) is 26.8 Å². The Balaban J connectivity index is 2.31. The van der Waals surface area contributed by atoms with E-state index in [0.717, 1.165) is 13.0 Å². The molecule has 1 amide bonds. The first-order valence-electron chi connectivity index (χ1n) is 3.76. The minimum absolute atomic E-state index is 0.0421. The Labute approximate surface area is 66.3 Å². The lowest BCUT2D eigenvalue weighted by atomic mass is 10.3. The maximum absolute atomic E-state index is 11.1. The zero-order chi connectivity index (χ0) is 8.27. The zero-order valence-corrected chi connectivity index (χ0v) is 6.75. The first-order chi connectivity index (χ1) is 5.24. The molecule has 1 heterocycles. The van der Waals surface area contributed by atoms with Gasteiger partial charge in [0, 0.05) is 26.2 Å². The maximum Gasteiger partial charge on any atom is 0.248 e. The van der Waals surface area contributed by atoms with Crippen LogP contribution in [0.3, 0.4) is 0 Å². The lowest BCUT2D eigenvalue weighted by Gasteiger charge is -2.14. The highest BCUT2D eigenvalue weighted by molar-refractivity contribution is 5.77. The molecule has 0 radical (unpaired) electrons. The first-order valence-corrected chi connectivity index (χ1v) is 3.76. The number of carbonyl (C=O) groups excluding carboxylic acids is 1. The predicted octanol–water partition coefficient (Wildman–Crippen LogP) is -0.808. The van der Waals surface area contributed by atoms with Crippen LogP contribution in [0.15, 0.2) is 0 Å². The Hall–Kier alpha value is -0.610. The molecule has 4 heteroatoms. The van der Waals surface area contributed by atoms with E-state index >= 15 is 0 Å². The summed E-state index contributed by atoms with van der Waals surface area (Å²) in [5.74, 6) is 0.0421. The molecule has 0 aromatic carbocycles. The van der Waals surface area contributed by atoms with E-state index in [1.165, 1.54) is 7.11 Å². The van der Waals surface area contributed by atoms with E-state index in [1.54, 1.807) is 4.90 Å². The first kappa shape index (κ1) is 8.49. The van der Waals surface area contributed by atoms with Gasteiger partial charge in [-0.05, 0) is 6.42 Å². The van der Waals surface area contributed by atoms with Crippen molar-refractivity contribution in [3.05, 3.63) is 0 Å². The number of nitrogens with two attached hydrogens (primary N) is 1. The van der Waals surface area contributed by atoms with Crippen LogP contribution in [0.5, 0.6) is 0 Å². The predicted molar refractivity (Wildman–Crippen MR) is 41.0 cm³/mol. The molecule has 0 aromatic heterocycles. The lowest BCUT2D eigenvalue weighted by Crippen LogP contribution is -2.34. The largest absolute Gasteiger partial charge is 0.375 e. The van der Waals surface area contributed by atoms with E-state index in [1.807, 2.05) is 0 Å². The molecule has 0 bridgehead atoms. The summed E-state index contributed by atoms with van der Waals surface area (Å²) in [6.07, 6.45) is 0.912. The minimum Gasteiger partial charge on any atom is -0.375 e. The van der Waals surface area contributed by atoms with Crippen LogP contribution >= 0.6 is 0 Å². The molecule has 2 N–H and O–H groups in total. The Morgan fingerprint density at radius 3 is 3.00 bits per heavy atom. The smallest absolute Gasteiger partial charge is 0.248 e. The average Bonchev–Trinajstić information content (AvgIpc) is 2.36. The molecule has 0 spiro atoms. The van der Waals surface area contributed by atoms with Crippen LogP contribution in [0, 0.1) is 0 Å². The van der Waals surface area contributed by atoms with Crippen molar-refractivity contribution < 1.29 is 9.53 Å². The fourth-order valence-corrected chi connectivity index (χ4v) is 1.23. The van der Waals surface area contributed by atoms with E-state index in [-0.39, 0.29) is 18.6 Å². The van der Waals surface area contributed by atoms with Crippen molar-refractivity contribution in [1.29, 1.82) is 0 Å². The van der Waals surface area contributed by atoms with Crippen molar-refractivity contribution in [1.82, 2.24) is 4.90 Å². The number of ether oxygens (including phenoxy) is 1. The van der Waals surface area contributed by atoms with Gasteiger partial charge in [0.2, 0.25) is 5.91 Å². The molecule has 64 valence electrons. The number of amides is 1. The summed E-state index contributed by atoms with van der Waals surface area (Å²) in [6, 6.07) is 0.163. The van der Waals surface area contributed by atoms with E-state index in [0.29, 0.717) is 6.54 Å². The Bertz CT molecular complexity index is 149. The lowest BCUT2D eigenvalue weighted by molar-refractivity contribution is -0.134. The minimum atomic E-state index is 0.0421. The second-order valence-corrected chi connectivity index (χ2v) is 2.82. The van der Waals surface area contributed by atoms with Crippen LogP contribution in [-0.2, 0) is 9.53 Å². The third-order valence-corrected chi connectivity index (χ3v) is 1.85. The third kappa shape index (κ3) is 2.17. The van der Waals surface area contributed by atoms with Gasteiger partial charge in [0.25, 0.3) is 0 Å². The van der Waals surface area contributed by atoms with Gasteiger partial charge in [-0.2, -0.15) is 0 Å². The maximum atomic E-state index is 11.1. The van der Waals surface area contributed by atoms with Gasteiger partial charge >= 0.3 is 0 Å². The van der Waals surface area contributed by atoms with Gasteiger partial charge in [-0.15, -0.1) is 0 Å². The molecule has 0 aromatic rings. The molecule has 11 heavy (non-hydrogen) atoms. The van der Waals surface area contributed by atoms with Crippen LogP contribution < -0.4 is 5.73 Å². The number of hydrogen-bond acceptors (Lipinski definition) is 3. The van der Waals surface area contributed by atoms with Crippen molar-refractivity contribution in [2.24, 2.45) is 5.73 Å². The SMILES string of the molecule is COCC(=O)N1CC[C@@H](N)C1. The molecular weight excluding hydrogens is 144 g/mol. The number of rotatable bonds is 2.